The Morgan fingerprint density at radius 3 is 1.74 bits per heavy atom. The fraction of sp³-hybridized carbons (Fsp3) is 0.176. The molecule has 4 aromatic rings. The summed E-state index contributed by atoms with van der Waals surface area (Å²) in [5.41, 5.74) is -10.1. The number of hydrogen-bond donors (Lipinski definition) is 0. The van der Waals surface area contributed by atoms with E-state index in [1.807, 2.05) is 0 Å². The molecule has 0 unspecified atom stereocenters. The summed E-state index contributed by atoms with van der Waals surface area (Å²) in [5.74, 6) is 0. The maximum Gasteiger partial charge on any atom is 0.437 e. The lowest BCUT2D eigenvalue weighted by atomic mass is 10.1. The molecular weight excluding hydrogens is 463 g/mol. The Morgan fingerprint density at radius 2 is 1.19 bits per heavy atom. The monoisotopic (exact) mass is 468 g/mol. The van der Waals surface area contributed by atoms with Gasteiger partial charge in [-0.25, -0.2) is 9.97 Å². The first kappa shape index (κ1) is 21.2. The van der Waals surface area contributed by atoms with Crippen LogP contribution < -0.4 is 0 Å². The van der Waals surface area contributed by atoms with E-state index in [0.717, 1.165) is 11.3 Å². The van der Waals surface area contributed by atoms with Gasteiger partial charge in [0.05, 0.1) is 4.88 Å². The van der Waals surface area contributed by atoms with Gasteiger partial charge in [0.1, 0.15) is 16.7 Å². The lowest BCUT2D eigenvalue weighted by molar-refractivity contribution is -0.167. The number of aromatic nitrogens is 4. The van der Waals surface area contributed by atoms with Crippen molar-refractivity contribution in [2.24, 2.45) is 0 Å². The fourth-order valence-corrected chi connectivity index (χ4v) is 3.86. The summed E-state index contributed by atoms with van der Waals surface area (Å²) in [5, 5.41) is 6.85. The van der Waals surface area contributed by atoms with Gasteiger partial charge in [0, 0.05) is 4.70 Å². The van der Waals surface area contributed by atoms with Crippen LogP contribution in [0.5, 0.6) is 0 Å². The Hall–Kier alpha value is -3.03. The van der Waals surface area contributed by atoms with E-state index in [1.54, 1.807) is 24.3 Å². The Kier molecular flexibility index (Phi) is 4.61. The van der Waals surface area contributed by atoms with Gasteiger partial charge in [0.25, 0.3) is 0 Å². The molecule has 14 heteroatoms. The average Bonchev–Trinajstić information content (AvgIpc) is 3.07. The van der Waals surface area contributed by atoms with Crippen molar-refractivity contribution in [2.75, 3.05) is 0 Å². The van der Waals surface area contributed by atoms with E-state index in [-0.39, 0.29) is 4.88 Å². The number of hydrogen-bond acceptors (Lipinski definition) is 5. The predicted molar refractivity (Wildman–Crippen MR) is 91.0 cm³/mol. The summed E-state index contributed by atoms with van der Waals surface area (Å²) in [6.45, 7) is 0. The zero-order chi connectivity index (χ0) is 22.8. The standard InChI is InChI=1S/C17H5F9N4S/c18-15(19,20)12-11-10(27-13(16(21,22)23)14(28-11)17(24,25)26)9(29-30-12)8-5-6-3-1-2-4-7(6)31-8/h1-5H. The maximum absolute atomic E-state index is 13.3. The van der Waals surface area contributed by atoms with E-state index in [2.05, 4.69) is 20.2 Å². The van der Waals surface area contributed by atoms with Crippen LogP contribution in [0.3, 0.4) is 0 Å². The lowest BCUT2D eigenvalue weighted by Crippen LogP contribution is -2.22. The molecule has 4 nitrogen and oxygen atoms in total. The normalized spacial score (nSPS) is 13.3. The Labute approximate surface area is 169 Å². The minimum atomic E-state index is -5.71. The molecule has 0 N–H and O–H groups in total. The molecule has 0 saturated carbocycles. The van der Waals surface area contributed by atoms with E-state index in [0.29, 0.717) is 10.1 Å². The van der Waals surface area contributed by atoms with Gasteiger partial charge in [-0.15, -0.1) is 21.5 Å². The molecule has 0 bridgehead atoms. The number of alkyl halides is 9. The van der Waals surface area contributed by atoms with E-state index >= 15 is 0 Å². The largest absolute Gasteiger partial charge is 0.437 e. The molecule has 0 aliphatic carbocycles. The zero-order valence-corrected chi connectivity index (χ0v) is 15.3. The van der Waals surface area contributed by atoms with Crippen LogP contribution in [0.1, 0.15) is 17.1 Å². The fourth-order valence-electron chi connectivity index (χ4n) is 2.81. The third-order valence-electron chi connectivity index (χ3n) is 4.06. The van der Waals surface area contributed by atoms with E-state index in [4.69, 9.17) is 0 Å². The molecule has 3 heterocycles. The third kappa shape index (κ3) is 3.75. The summed E-state index contributed by atoms with van der Waals surface area (Å²) in [4.78, 5) is 5.69. The average molecular weight is 468 g/mol. The molecule has 0 saturated heterocycles. The van der Waals surface area contributed by atoms with Gasteiger partial charge in [-0.3, -0.25) is 0 Å². The van der Waals surface area contributed by atoms with Crippen LogP contribution in [-0.4, -0.2) is 20.2 Å². The summed E-state index contributed by atoms with van der Waals surface area (Å²) in [7, 11) is 0. The number of nitrogens with zero attached hydrogens (tertiary/aromatic N) is 4. The second-order valence-corrected chi connectivity index (χ2v) is 7.24. The molecule has 0 radical (unpaired) electrons. The molecule has 4 rings (SSSR count). The second-order valence-electron chi connectivity index (χ2n) is 6.16. The first-order chi connectivity index (χ1) is 14.3. The summed E-state index contributed by atoms with van der Waals surface area (Å²) >= 11 is 0.947. The van der Waals surface area contributed by atoms with Crippen molar-refractivity contribution in [2.45, 2.75) is 18.5 Å². The van der Waals surface area contributed by atoms with Gasteiger partial charge in [0.2, 0.25) is 0 Å². The van der Waals surface area contributed by atoms with Crippen molar-refractivity contribution in [3.05, 3.63) is 47.4 Å². The highest BCUT2D eigenvalue weighted by molar-refractivity contribution is 7.22. The highest BCUT2D eigenvalue weighted by atomic mass is 32.1. The number of halogens is 9. The van der Waals surface area contributed by atoms with Gasteiger partial charge < -0.3 is 0 Å². The molecule has 1 aromatic carbocycles. The molecule has 162 valence electrons. The van der Waals surface area contributed by atoms with Crippen molar-refractivity contribution in [1.82, 2.24) is 20.2 Å². The first-order valence-electron chi connectivity index (χ1n) is 8.06. The number of rotatable bonds is 1. The topological polar surface area (TPSA) is 51.6 Å². The summed E-state index contributed by atoms with van der Waals surface area (Å²) in [6.07, 6.45) is -16.7. The van der Waals surface area contributed by atoms with Crippen molar-refractivity contribution < 1.29 is 39.5 Å². The number of fused-ring (bicyclic) bond motifs is 2. The Morgan fingerprint density at radius 1 is 0.645 bits per heavy atom. The minimum Gasteiger partial charge on any atom is -0.237 e. The van der Waals surface area contributed by atoms with Crippen LogP contribution >= 0.6 is 11.3 Å². The van der Waals surface area contributed by atoms with Crippen LogP contribution in [0.2, 0.25) is 0 Å². The van der Waals surface area contributed by atoms with E-state index in [1.165, 1.54) is 6.07 Å². The lowest BCUT2D eigenvalue weighted by Gasteiger charge is -2.16. The Bertz CT molecular complexity index is 1270. The molecule has 3 aromatic heterocycles. The predicted octanol–water partition coefficient (Wildman–Crippen LogP) is 6.36. The third-order valence-corrected chi connectivity index (χ3v) is 5.18. The minimum absolute atomic E-state index is 0.0645. The smallest absolute Gasteiger partial charge is 0.237 e. The van der Waals surface area contributed by atoms with Crippen LogP contribution in [0.15, 0.2) is 30.3 Å². The van der Waals surface area contributed by atoms with Crippen molar-refractivity contribution >= 4 is 32.5 Å². The molecule has 0 fully saturated rings. The first-order valence-corrected chi connectivity index (χ1v) is 8.87. The van der Waals surface area contributed by atoms with Gasteiger partial charge in [0.15, 0.2) is 17.1 Å². The second kappa shape index (κ2) is 6.73. The molecule has 0 aliphatic rings. The molecular formula is C17H5F9N4S. The maximum atomic E-state index is 13.3. The van der Waals surface area contributed by atoms with Crippen LogP contribution in [0.25, 0.3) is 31.7 Å². The van der Waals surface area contributed by atoms with E-state index in [9.17, 15) is 39.5 Å². The van der Waals surface area contributed by atoms with E-state index < -0.39 is 52.3 Å². The number of thiophene rings is 1. The SMILES string of the molecule is FC(F)(F)c1nc2c(-c3cc4ccccc4s3)nnc(C(F)(F)F)c2nc1C(F)(F)F. The summed E-state index contributed by atoms with van der Waals surface area (Å²) in [6, 6.07) is 7.97. The molecule has 0 atom stereocenters. The molecule has 0 aliphatic heterocycles. The molecule has 31 heavy (non-hydrogen) atoms. The Balaban J connectivity index is 2.13. The molecule has 0 amide bonds. The number of benzene rings is 1. The van der Waals surface area contributed by atoms with Crippen LogP contribution in [0.4, 0.5) is 39.5 Å². The van der Waals surface area contributed by atoms with Crippen molar-refractivity contribution in [3.8, 4) is 10.6 Å². The van der Waals surface area contributed by atoms with Crippen molar-refractivity contribution in [3.63, 3.8) is 0 Å². The highest BCUT2D eigenvalue weighted by Gasteiger charge is 2.48. The van der Waals surface area contributed by atoms with Crippen LogP contribution in [-0.2, 0) is 18.5 Å². The quantitative estimate of drug-likeness (QED) is 0.305. The van der Waals surface area contributed by atoms with Gasteiger partial charge in [-0.2, -0.15) is 39.5 Å². The zero-order valence-electron chi connectivity index (χ0n) is 14.5. The summed E-state index contributed by atoms with van der Waals surface area (Å²) < 4.78 is 120. The van der Waals surface area contributed by atoms with Gasteiger partial charge in [-0.05, 0) is 17.5 Å². The van der Waals surface area contributed by atoms with Crippen LogP contribution in [0, 0.1) is 0 Å². The van der Waals surface area contributed by atoms with Gasteiger partial charge >= 0.3 is 18.5 Å². The highest BCUT2D eigenvalue weighted by Crippen LogP contribution is 2.43. The molecule has 0 spiro atoms. The van der Waals surface area contributed by atoms with Gasteiger partial charge in [-0.1, -0.05) is 18.2 Å². The van der Waals surface area contributed by atoms with Crippen molar-refractivity contribution in [1.29, 1.82) is 0 Å².